The van der Waals surface area contributed by atoms with Crippen LogP contribution in [0.2, 0.25) is 0 Å². The second-order valence-electron chi connectivity index (χ2n) is 4.71. The fourth-order valence-corrected chi connectivity index (χ4v) is 2.17. The van der Waals surface area contributed by atoms with Gasteiger partial charge in [-0.3, -0.25) is 4.79 Å². The van der Waals surface area contributed by atoms with Crippen LogP contribution in [0.25, 0.3) is 0 Å². The Bertz CT molecular complexity index is 406. The lowest BCUT2D eigenvalue weighted by molar-refractivity contribution is -0.142. The lowest BCUT2D eigenvalue weighted by atomic mass is 9.97. The first-order valence-corrected chi connectivity index (χ1v) is 7.05. The molecule has 19 heavy (non-hydrogen) atoms. The zero-order chi connectivity index (χ0) is 14.3. The fraction of sp³-hybridized carbons (Fsp3) is 0.583. The number of thiazole rings is 1. The Kier molecular flexibility index (Phi) is 6.27. The molecule has 7 heteroatoms. The highest BCUT2D eigenvalue weighted by Crippen LogP contribution is 2.10. The lowest BCUT2D eigenvalue weighted by Crippen LogP contribution is -2.40. The van der Waals surface area contributed by atoms with E-state index in [1.807, 2.05) is 19.2 Å². The summed E-state index contributed by atoms with van der Waals surface area (Å²) in [5, 5.41) is 16.1. The molecule has 0 aliphatic rings. The first kappa shape index (κ1) is 15.4. The summed E-state index contributed by atoms with van der Waals surface area (Å²) in [5.41, 5.74) is 2.48. The maximum atomic E-state index is 11.5. The van der Waals surface area contributed by atoms with Gasteiger partial charge in [-0.1, -0.05) is 13.8 Å². The largest absolute Gasteiger partial charge is 0.481 e. The third kappa shape index (κ3) is 6.19. The molecule has 0 saturated heterocycles. The summed E-state index contributed by atoms with van der Waals surface area (Å²) in [4.78, 5) is 26.6. The lowest BCUT2D eigenvalue weighted by Gasteiger charge is -2.15. The minimum absolute atomic E-state index is 0.135. The predicted octanol–water partition coefficient (Wildman–Crippen LogP) is 1.69. The van der Waals surface area contributed by atoms with Crippen molar-refractivity contribution in [2.45, 2.75) is 26.8 Å². The van der Waals surface area contributed by atoms with E-state index in [1.54, 1.807) is 5.51 Å². The van der Waals surface area contributed by atoms with Gasteiger partial charge in [-0.2, -0.15) is 0 Å². The number of aliphatic carboxylic acids is 1. The van der Waals surface area contributed by atoms with E-state index in [0.717, 1.165) is 5.69 Å². The number of rotatable bonds is 7. The van der Waals surface area contributed by atoms with Crippen LogP contribution < -0.4 is 10.6 Å². The number of nitrogens with zero attached hydrogens (tertiary/aromatic N) is 1. The van der Waals surface area contributed by atoms with Gasteiger partial charge < -0.3 is 15.7 Å². The van der Waals surface area contributed by atoms with E-state index in [9.17, 15) is 9.59 Å². The van der Waals surface area contributed by atoms with Gasteiger partial charge in [-0.25, -0.2) is 9.78 Å². The first-order chi connectivity index (χ1) is 8.99. The molecule has 0 spiro atoms. The SMILES string of the molecule is CC(C)CC(CNC(=O)NCc1cscn1)C(=O)O. The summed E-state index contributed by atoms with van der Waals surface area (Å²) in [6, 6.07) is -0.372. The maximum Gasteiger partial charge on any atom is 0.315 e. The van der Waals surface area contributed by atoms with Crippen LogP contribution in [-0.4, -0.2) is 28.6 Å². The summed E-state index contributed by atoms with van der Waals surface area (Å²) in [5.74, 6) is -1.15. The third-order valence-electron chi connectivity index (χ3n) is 2.53. The van der Waals surface area contributed by atoms with Crippen molar-refractivity contribution in [1.29, 1.82) is 0 Å². The molecule has 0 aromatic carbocycles. The Balaban J connectivity index is 2.29. The first-order valence-electron chi connectivity index (χ1n) is 6.10. The van der Waals surface area contributed by atoms with Crippen molar-refractivity contribution in [3.63, 3.8) is 0 Å². The molecule has 1 atom stereocenters. The van der Waals surface area contributed by atoms with Crippen molar-refractivity contribution in [3.05, 3.63) is 16.6 Å². The number of carbonyl (C=O) groups excluding carboxylic acids is 1. The zero-order valence-electron chi connectivity index (χ0n) is 11.0. The molecule has 106 valence electrons. The van der Waals surface area contributed by atoms with Crippen molar-refractivity contribution in [2.24, 2.45) is 11.8 Å². The van der Waals surface area contributed by atoms with E-state index < -0.39 is 11.9 Å². The monoisotopic (exact) mass is 285 g/mol. The number of aromatic nitrogens is 1. The second kappa shape index (κ2) is 7.73. The van der Waals surface area contributed by atoms with Gasteiger partial charge in [-0.05, 0) is 12.3 Å². The van der Waals surface area contributed by atoms with Gasteiger partial charge in [0.2, 0.25) is 0 Å². The molecule has 1 heterocycles. The van der Waals surface area contributed by atoms with Gasteiger partial charge >= 0.3 is 12.0 Å². The molecular formula is C12H19N3O3S. The molecule has 1 aromatic heterocycles. The molecule has 0 aliphatic carbocycles. The Labute approximate surface area is 116 Å². The minimum atomic E-state index is -0.881. The summed E-state index contributed by atoms with van der Waals surface area (Å²) in [6.07, 6.45) is 0.543. The Morgan fingerprint density at radius 2 is 2.16 bits per heavy atom. The molecule has 1 unspecified atom stereocenters. The van der Waals surface area contributed by atoms with Crippen LogP contribution in [0.15, 0.2) is 10.9 Å². The topological polar surface area (TPSA) is 91.3 Å². The molecule has 0 aliphatic heterocycles. The normalized spacial score (nSPS) is 12.2. The molecule has 3 N–H and O–H groups in total. The molecule has 6 nitrogen and oxygen atoms in total. The number of amides is 2. The zero-order valence-corrected chi connectivity index (χ0v) is 11.9. The van der Waals surface area contributed by atoms with Crippen molar-refractivity contribution in [3.8, 4) is 0 Å². The average molecular weight is 285 g/mol. The molecule has 0 radical (unpaired) electrons. The number of hydrogen-bond acceptors (Lipinski definition) is 4. The van der Waals surface area contributed by atoms with E-state index in [4.69, 9.17) is 5.11 Å². The number of hydrogen-bond donors (Lipinski definition) is 3. The quantitative estimate of drug-likeness (QED) is 0.711. The molecular weight excluding hydrogens is 266 g/mol. The number of carboxylic acid groups (broad SMARTS) is 1. The molecule has 1 rings (SSSR count). The van der Waals surface area contributed by atoms with Crippen LogP contribution in [-0.2, 0) is 11.3 Å². The van der Waals surface area contributed by atoms with Gasteiger partial charge in [0.25, 0.3) is 0 Å². The Morgan fingerprint density at radius 1 is 1.42 bits per heavy atom. The van der Waals surface area contributed by atoms with Crippen LogP contribution in [0.5, 0.6) is 0 Å². The standard InChI is InChI=1S/C12H19N3O3S/c1-8(2)3-9(11(16)17)4-13-12(18)14-5-10-6-19-7-15-10/h6-9H,3-5H2,1-2H3,(H,16,17)(H2,13,14,18). The Hall–Kier alpha value is -1.63. The number of nitrogens with one attached hydrogen (secondary N) is 2. The molecule has 0 bridgehead atoms. The number of urea groups is 1. The smallest absolute Gasteiger partial charge is 0.315 e. The van der Waals surface area contributed by atoms with Crippen molar-refractivity contribution >= 4 is 23.3 Å². The molecule has 2 amide bonds. The summed E-state index contributed by atoms with van der Waals surface area (Å²) in [7, 11) is 0. The molecule has 0 fully saturated rings. The molecule has 1 aromatic rings. The van der Waals surface area contributed by atoms with Crippen LogP contribution in [0, 0.1) is 11.8 Å². The molecule has 0 saturated carbocycles. The van der Waals surface area contributed by atoms with Crippen LogP contribution >= 0.6 is 11.3 Å². The van der Waals surface area contributed by atoms with Crippen molar-refractivity contribution < 1.29 is 14.7 Å². The minimum Gasteiger partial charge on any atom is -0.481 e. The summed E-state index contributed by atoms with van der Waals surface area (Å²) < 4.78 is 0. The number of carboxylic acids is 1. The average Bonchev–Trinajstić information content (AvgIpc) is 2.84. The van der Waals surface area contributed by atoms with E-state index in [1.165, 1.54) is 11.3 Å². The maximum absolute atomic E-state index is 11.5. The highest BCUT2D eigenvalue weighted by Gasteiger charge is 2.19. The van der Waals surface area contributed by atoms with E-state index in [-0.39, 0.29) is 18.5 Å². The summed E-state index contributed by atoms with van der Waals surface area (Å²) >= 11 is 1.46. The van der Waals surface area contributed by atoms with E-state index in [2.05, 4.69) is 15.6 Å². The van der Waals surface area contributed by atoms with E-state index in [0.29, 0.717) is 13.0 Å². The van der Waals surface area contributed by atoms with Crippen LogP contribution in [0.1, 0.15) is 26.0 Å². The van der Waals surface area contributed by atoms with Gasteiger partial charge in [0.05, 0.1) is 23.7 Å². The van der Waals surface area contributed by atoms with Crippen molar-refractivity contribution in [2.75, 3.05) is 6.54 Å². The van der Waals surface area contributed by atoms with Gasteiger partial charge in [0, 0.05) is 11.9 Å². The van der Waals surface area contributed by atoms with Crippen LogP contribution in [0.3, 0.4) is 0 Å². The number of carbonyl (C=O) groups is 2. The predicted molar refractivity (Wildman–Crippen MR) is 72.9 cm³/mol. The second-order valence-corrected chi connectivity index (χ2v) is 5.43. The van der Waals surface area contributed by atoms with Crippen LogP contribution in [0.4, 0.5) is 4.79 Å². The fourth-order valence-electron chi connectivity index (χ4n) is 1.61. The third-order valence-corrected chi connectivity index (χ3v) is 3.16. The van der Waals surface area contributed by atoms with Crippen molar-refractivity contribution in [1.82, 2.24) is 15.6 Å². The Morgan fingerprint density at radius 3 is 2.68 bits per heavy atom. The highest BCUT2D eigenvalue weighted by molar-refractivity contribution is 7.07. The van der Waals surface area contributed by atoms with E-state index >= 15 is 0 Å². The van der Waals surface area contributed by atoms with Gasteiger partial charge in [-0.15, -0.1) is 11.3 Å². The highest BCUT2D eigenvalue weighted by atomic mass is 32.1. The van der Waals surface area contributed by atoms with Gasteiger partial charge in [0.1, 0.15) is 0 Å². The van der Waals surface area contributed by atoms with Gasteiger partial charge in [0.15, 0.2) is 0 Å². The summed E-state index contributed by atoms with van der Waals surface area (Å²) in [6.45, 7) is 4.39.